The van der Waals surface area contributed by atoms with Gasteiger partial charge in [-0.25, -0.2) is 0 Å². The van der Waals surface area contributed by atoms with E-state index in [9.17, 15) is 0 Å². The molecular formula is C6H8O2. The van der Waals surface area contributed by atoms with Gasteiger partial charge in [-0.1, -0.05) is 0 Å². The molecule has 1 rings (SSSR count). The average Bonchev–Trinajstić information content (AvgIpc) is 1.77. The van der Waals surface area contributed by atoms with E-state index in [2.05, 4.69) is 5.73 Å². The molecule has 0 aliphatic heterocycles. The zero-order chi connectivity index (χ0) is 5.98. The number of hydrogen-bond donors (Lipinski definition) is 2. The Labute approximate surface area is 47.8 Å². The molecule has 0 aromatic heterocycles. The molecule has 0 aromatic carbocycles. The zero-order valence-electron chi connectivity index (χ0n) is 4.41. The van der Waals surface area contributed by atoms with E-state index in [1.54, 1.807) is 6.08 Å². The summed E-state index contributed by atoms with van der Waals surface area (Å²) in [5, 5.41) is 17.6. The summed E-state index contributed by atoms with van der Waals surface area (Å²) < 4.78 is 0. The van der Waals surface area contributed by atoms with Crippen molar-refractivity contribution in [2.24, 2.45) is 0 Å². The summed E-state index contributed by atoms with van der Waals surface area (Å²) in [4.78, 5) is 0. The van der Waals surface area contributed by atoms with Gasteiger partial charge in [-0.3, -0.25) is 0 Å². The van der Waals surface area contributed by atoms with Crippen LogP contribution >= 0.6 is 0 Å². The number of rotatable bonds is 0. The Balaban J connectivity index is 2.62. The van der Waals surface area contributed by atoms with Crippen LogP contribution in [0.15, 0.2) is 17.9 Å². The van der Waals surface area contributed by atoms with E-state index in [-0.39, 0.29) is 0 Å². The summed E-state index contributed by atoms with van der Waals surface area (Å²) in [6, 6.07) is 0. The second-order valence-corrected chi connectivity index (χ2v) is 1.83. The zero-order valence-corrected chi connectivity index (χ0v) is 4.41. The van der Waals surface area contributed by atoms with Gasteiger partial charge >= 0.3 is 0 Å². The van der Waals surface area contributed by atoms with Crippen molar-refractivity contribution >= 4 is 0 Å². The maximum absolute atomic E-state index is 8.83. The van der Waals surface area contributed by atoms with Gasteiger partial charge in [0.2, 0.25) is 0 Å². The summed E-state index contributed by atoms with van der Waals surface area (Å²) in [6.07, 6.45) is 2.35. The minimum Gasteiger partial charge on any atom is -0.390 e. The molecule has 1 aliphatic carbocycles. The smallest absolute Gasteiger partial charge is 0.106 e. The van der Waals surface area contributed by atoms with Gasteiger partial charge in [-0.15, -0.1) is 5.73 Å². The summed E-state index contributed by atoms with van der Waals surface area (Å²) in [6.45, 7) is 0. The molecule has 1 aliphatic rings. The molecule has 0 bridgehead atoms. The van der Waals surface area contributed by atoms with Gasteiger partial charge in [0, 0.05) is 6.42 Å². The number of aliphatic hydroxyl groups is 2. The van der Waals surface area contributed by atoms with Crippen LogP contribution in [-0.2, 0) is 0 Å². The summed E-state index contributed by atoms with van der Waals surface area (Å²) >= 11 is 0. The Morgan fingerprint density at radius 1 is 1.50 bits per heavy atom. The van der Waals surface area contributed by atoms with Gasteiger partial charge in [0.15, 0.2) is 0 Å². The van der Waals surface area contributed by atoms with E-state index in [0.717, 1.165) is 0 Å². The van der Waals surface area contributed by atoms with Crippen LogP contribution in [-0.4, -0.2) is 22.4 Å². The van der Waals surface area contributed by atoms with Crippen molar-refractivity contribution in [2.45, 2.75) is 18.6 Å². The first kappa shape index (κ1) is 5.57. The maximum Gasteiger partial charge on any atom is 0.106 e. The molecule has 0 amide bonds. The minimum atomic E-state index is -0.708. The van der Waals surface area contributed by atoms with Gasteiger partial charge in [-0.05, 0) is 12.2 Å². The molecule has 2 heteroatoms. The molecule has 2 nitrogen and oxygen atoms in total. The summed E-state index contributed by atoms with van der Waals surface area (Å²) in [5.41, 5.74) is 2.70. The van der Waals surface area contributed by atoms with Gasteiger partial charge < -0.3 is 10.2 Å². The first-order chi connectivity index (χ1) is 3.80. The van der Waals surface area contributed by atoms with E-state index in [4.69, 9.17) is 10.2 Å². The molecule has 0 spiro atoms. The predicted molar refractivity (Wildman–Crippen MR) is 29.3 cm³/mol. The van der Waals surface area contributed by atoms with E-state index < -0.39 is 12.2 Å². The summed E-state index contributed by atoms with van der Waals surface area (Å²) in [7, 11) is 0. The Morgan fingerprint density at radius 2 is 2.25 bits per heavy atom. The van der Waals surface area contributed by atoms with E-state index >= 15 is 0 Å². The largest absolute Gasteiger partial charge is 0.390 e. The minimum absolute atomic E-state index is 0.512. The third-order valence-corrected chi connectivity index (χ3v) is 1.14. The third-order valence-electron chi connectivity index (χ3n) is 1.14. The first-order valence-corrected chi connectivity index (χ1v) is 2.58. The fourth-order valence-electron chi connectivity index (χ4n) is 0.606. The molecule has 2 N–H and O–H groups in total. The Hall–Kier alpha value is -0.560. The molecule has 0 radical (unpaired) electrons. The van der Waals surface area contributed by atoms with E-state index in [0.29, 0.717) is 6.42 Å². The normalized spacial score (nSPS) is 35.8. The van der Waals surface area contributed by atoms with Gasteiger partial charge in [-0.2, -0.15) is 0 Å². The van der Waals surface area contributed by atoms with E-state index in [1.165, 1.54) is 6.08 Å². The van der Waals surface area contributed by atoms with Crippen molar-refractivity contribution in [3.05, 3.63) is 17.9 Å². The summed E-state index contributed by atoms with van der Waals surface area (Å²) in [5.74, 6) is 0. The SMILES string of the molecule is OC1C=C=CCC1O. The highest BCUT2D eigenvalue weighted by Crippen LogP contribution is 2.04. The van der Waals surface area contributed by atoms with Crippen molar-refractivity contribution in [3.63, 3.8) is 0 Å². The highest BCUT2D eigenvalue weighted by Gasteiger charge is 2.12. The highest BCUT2D eigenvalue weighted by molar-refractivity contribution is 5.00. The highest BCUT2D eigenvalue weighted by atomic mass is 16.3. The van der Waals surface area contributed by atoms with Gasteiger partial charge in [0.05, 0.1) is 6.10 Å². The van der Waals surface area contributed by atoms with Crippen LogP contribution in [0.4, 0.5) is 0 Å². The van der Waals surface area contributed by atoms with Crippen molar-refractivity contribution in [3.8, 4) is 0 Å². The standard InChI is InChI=1S/C6H8O2/c7-5-3-1-2-4-6(5)8/h1,4-8H,3H2. The maximum atomic E-state index is 8.83. The lowest BCUT2D eigenvalue weighted by Crippen LogP contribution is -2.23. The lowest BCUT2D eigenvalue weighted by Gasteiger charge is -2.12. The molecule has 0 saturated heterocycles. The molecule has 2 unspecified atom stereocenters. The van der Waals surface area contributed by atoms with Crippen LogP contribution in [0.2, 0.25) is 0 Å². The predicted octanol–water partition coefficient (Wildman–Crippen LogP) is -0.177. The lowest BCUT2D eigenvalue weighted by molar-refractivity contribution is 0.0491. The molecule has 44 valence electrons. The van der Waals surface area contributed by atoms with Crippen molar-refractivity contribution in [1.29, 1.82) is 0 Å². The average molecular weight is 112 g/mol. The van der Waals surface area contributed by atoms with Crippen LogP contribution in [0.1, 0.15) is 6.42 Å². The Kier molecular flexibility index (Phi) is 1.49. The Morgan fingerprint density at radius 3 is 2.62 bits per heavy atom. The monoisotopic (exact) mass is 112 g/mol. The molecule has 0 heterocycles. The van der Waals surface area contributed by atoms with Crippen molar-refractivity contribution in [2.75, 3.05) is 0 Å². The van der Waals surface area contributed by atoms with Crippen LogP contribution in [0.3, 0.4) is 0 Å². The quantitative estimate of drug-likeness (QED) is 0.427. The van der Waals surface area contributed by atoms with Crippen LogP contribution < -0.4 is 0 Å². The van der Waals surface area contributed by atoms with Crippen molar-refractivity contribution in [1.82, 2.24) is 0 Å². The fraction of sp³-hybridized carbons (Fsp3) is 0.500. The van der Waals surface area contributed by atoms with Crippen molar-refractivity contribution < 1.29 is 10.2 Å². The van der Waals surface area contributed by atoms with Gasteiger partial charge in [0.1, 0.15) is 6.10 Å². The fourth-order valence-corrected chi connectivity index (χ4v) is 0.606. The second-order valence-electron chi connectivity index (χ2n) is 1.83. The third kappa shape index (κ3) is 0.984. The Bertz CT molecular complexity index is 133. The molecule has 0 aromatic rings. The molecule has 2 atom stereocenters. The molecule has 0 fully saturated rings. The van der Waals surface area contributed by atoms with Crippen LogP contribution in [0.5, 0.6) is 0 Å². The molecule has 0 saturated carbocycles. The number of hydrogen-bond acceptors (Lipinski definition) is 2. The number of aliphatic hydroxyl groups excluding tert-OH is 2. The topological polar surface area (TPSA) is 40.5 Å². The molecular weight excluding hydrogens is 104 g/mol. The molecule has 8 heavy (non-hydrogen) atoms. The van der Waals surface area contributed by atoms with Crippen LogP contribution in [0.25, 0.3) is 0 Å². The van der Waals surface area contributed by atoms with E-state index in [1.807, 2.05) is 0 Å². The lowest BCUT2D eigenvalue weighted by atomic mass is 10.1. The van der Waals surface area contributed by atoms with Gasteiger partial charge in [0.25, 0.3) is 0 Å². The van der Waals surface area contributed by atoms with Crippen LogP contribution in [0, 0.1) is 0 Å². The second kappa shape index (κ2) is 2.14. The first-order valence-electron chi connectivity index (χ1n) is 2.58.